The molecule has 1 aromatic heterocycles. The second kappa shape index (κ2) is 8.57. The Labute approximate surface area is 200 Å². The molecule has 4 aromatic rings. The van der Waals surface area contributed by atoms with E-state index < -0.39 is 8.07 Å². The van der Waals surface area contributed by atoms with Gasteiger partial charge in [-0.3, -0.25) is 0 Å². The molecule has 5 rings (SSSR count). The van der Waals surface area contributed by atoms with Gasteiger partial charge in [0, 0.05) is 11.6 Å². The molecule has 0 atom stereocenters. The van der Waals surface area contributed by atoms with Gasteiger partial charge in [0.1, 0.15) is 7.05 Å². The van der Waals surface area contributed by atoms with Crippen LogP contribution in [-0.2, 0) is 7.05 Å². The van der Waals surface area contributed by atoms with Gasteiger partial charge in [-0.05, 0) is 66.1 Å². The van der Waals surface area contributed by atoms with Crippen molar-refractivity contribution in [1.82, 2.24) is 0 Å². The van der Waals surface area contributed by atoms with Crippen LogP contribution in [0.2, 0.25) is 18.6 Å². The van der Waals surface area contributed by atoms with Crippen LogP contribution in [0, 0.1) is 20.8 Å². The van der Waals surface area contributed by atoms with Crippen LogP contribution >= 0.6 is 0 Å². The van der Waals surface area contributed by atoms with E-state index in [1.165, 1.54) is 81.2 Å². The molecule has 0 saturated carbocycles. The van der Waals surface area contributed by atoms with Crippen LogP contribution in [0.15, 0.2) is 66.9 Å². The van der Waals surface area contributed by atoms with Gasteiger partial charge in [-0.1, -0.05) is 85.5 Å². The normalized spacial score (nSPS) is 15.7. The molecule has 0 radical (unpaired) electrons. The fraction of sp³-hybridized carbons (Fsp3) is 0.323. The zero-order chi connectivity index (χ0) is 23.2. The van der Waals surface area contributed by atoms with Crippen LogP contribution in [0.5, 0.6) is 0 Å². The fourth-order valence-electron chi connectivity index (χ4n) is 6.06. The van der Waals surface area contributed by atoms with E-state index in [0.29, 0.717) is 0 Å². The van der Waals surface area contributed by atoms with Crippen molar-refractivity contribution in [3.63, 3.8) is 0 Å². The first-order valence-corrected chi connectivity index (χ1v) is 15.4. The van der Waals surface area contributed by atoms with E-state index in [2.05, 4.69) is 106 Å². The predicted octanol–water partition coefficient (Wildman–Crippen LogP) is 7.39. The highest BCUT2D eigenvalue weighted by molar-refractivity contribution is 6.91. The van der Waals surface area contributed by atoms with Gasteiger partial charge in [-0.25, -0.2) is 4.57 Å². The summed E-state index contributed by atoms with van der Waals surface area (Å²) in [6.45, 7) is 9.29. The molecule has 2 heterocycles. The summed E-state index contributed by atoms with van der Waals surface area (Å²) in [6.07, 6.45) is 6.50. The zero-order valence-electron chi connectivity index (χ0n) is 20.8. The smallest absolute Gasteiger partial charge is 0.200 e. The van der Waals surface area contributed by atoms with Crippen LogP contribution in [-0.4, -0.2) is 8.07 Å². The Balaban J connectivity index is 1.62. The molecule has 0 amide bonds. The summed E-state index contributed by atoms with van der Waals surface area (Å²) in [5.41, 5.74) is 9.33. The standard InChI is InChI=1S/C31H36NSi/c1-22-10-9-11-23(2)30(22)26-12-14-28(24(3)20-26)31-29-15-13-27(21-25(29)16-17-32(31)4)33(5)18-7-6-8-19-33/h9-17,20-21H,6-8,18-19H2,1-5H3/q+1. The van der Waals surface area contributed by atoms with Crippen LogP contribution in [0.4, 0.5) is 0 Å². The monoisotopic (exact) mass is 450 g/mol. The van der Waals surface area contributed by atoms with Crippen molar-refractivity contribution in [3.05, 3.63) is 83.6 Å². The minimum absolute atomic E-state index is 1.31. The minimum Gasteiger partial charge on any atom is -0.200 e. The molecule has 1 aliphatic heterocycles. The van der Waals surface area contributed by atoms with Gasteiger partial charge < -0.3 is 0 Å². The Kier molecular flexibility index (Phi) is 5.74. The molecule has 168 valence electrons. The lowest BCUT2D eigenvalue weighted by atomic mass is 9.92. The fourth-order valence-corrected chi connectivity index (χ4v) is 9.94. The SMILES string of the molecule is Cc1cc(-c2c(C)cccc2C)ccc1-c1c2ccc([Si]3(C)CCCCC3)cc2cc[n+]1C. The first-order valence-electron chi connectivity index (χ1n) is 12.5. The minimum atomic E-state index is -1.31. The van der Waals surface area contributed by atoms with Crippen molar-refractivity contribution < 1.29 is 4.57 Å². The maximum atomic E-state index is 2.60. The van der Waals surface area contributed by atoms with Crippen LogP contribution in [0.25, 0.3) is 33.2 Å². The number of benzene rings is 3. The number of aromatic nitrogens is 1. The van der Waals surface area contributed by atoms with E-state index in [-0.39, 0.29) is 0 Å². The maximum absolute atomic E-state index is 2.60. The number of hydrogen-bond acceptors (Lipinski definition) is 0. The van der Waals surface area contributed by atoms with Gasteiger partial charge in [0.15, 0.2) is 6.20 Å². The second-order valence-corrected chi connectivity index (χ2v) is 15.2. The Bertz CT molecular complexity index is 1320. The lowest BCUT2D eigenvalue weighted by Crippen LogP contribution is -2.45. The van der Waals surface area contributed by atoms with Gasteiger partial charge in [0.2, 0.25) is 5.69 Å². The second-order valence-electron chi connectivity index (χ2n) is 10.5. The summed E-state index contributed by atoms with van der Waals surface area (Å²) in [5.74, 6) is 0. The van der Waals surface area contributed by atoms with E-state index in [4.69, 9.17) is 0 Å². The Morgan fingerprint density at radius 2 is 1.48 bits per heavy atom. The third kappa shape index (κ3) is 3.95. The number of nitrogens with zero attached hydrogens (tertiary/aromatic N) is 1. The molecule has 0 unspecified atom stereocenters. The number of fused-ring (bicyclic) bond motifs is 1. The van der Waals surface area contributed by atoms with E-state index in [1.807, 2.05) is 0 Å². The molecule has 0 aliphatic carbocycles. The van der Waals surface area contributed by atoms with Gasteiger partial charge in [0.25, 0.3) is 0 Å². The van der Waals surface area contributed by atoms with Crippen molar-refractivity contribution in [2.45, 2.75) is 58.7 Å². The summed E-state index contributed by atoms with van der Waals surface area (Å²) in [5, 5.41) is 4.40. The highest BCUT2D eigenvalue weighted by Crippen LogP contribution is 2.34. The summed E-state index contributed by atoms with van der Waals surface area (Å²) < 4.78 is 2.29. The number of aryl methyl sites for hydroxylation is 4. The van der Waals surface area contributed by atoms with Crippen molar-refractivity contribution in [2.75, 3.05) is 0 Å². The first-order chi connectivity index (χ1) is 15.9. The van der Waals surface area contributed by atoms with Crippen LogP contribution < -0.4 is 9.75 Å². The maximum Gasteiger partial charge on any atom is 0.220 e. The Hall–Kier alpha value is -2.71. The number of pyridine rings is 1. The zero-order valence-corrected chi connectivity index (χ0v) is 21.8. The lowest BCUT2D eigenvalue weighted by Gasteiger charge is -2.32. The molecule has 3 aromatic carbocycles. The predicted molar refractivity (Wildman–Crippen MR) is 145 cm³/mol. The summed E-state index contributed by atoms with van der Waals surface area (Å²) in [6, 6.07) is 26.2. The third-order valence-corrected chi connectivity index (χ3v) is 12.7. The molecule has 1 saturated heterocycles. The Morgan fingerprint density at radius 1 is 0.758 bits per heavy atom. The van der Waals surface area contributed by atoms with Crippen molar-refractivity contribution in [2.24, 2.45) is 7.05 Å². The highest BCUT2D eigenvalue weighted by Gasteiger charge is 2.31. The van der Waals surface area contributed by atoms with E-state index in [9.17, 15) is 0 Å². The number of hydrogen-bond donors (Lipinski definition) is 0. The topological polar surface area (TPSA) is 3.88 Å². The van der Waals surface area contributed by atoms with Crippen molar-refractivity contribution >= 4 is 24.0 Å². The summed E-state index contributed by atoms with van der Waals surface area (Å²) in [4.78, 5) is 0. The molecule has 1 fully saturated rings. The molecule has 1 aliphatic rings. The van der Waals surface area contributed by atoms with Gasteiger partial charge in [-0.15, -0.1) is 0 Å². The molecule has 0 bridgehead atoms. The number of rotatable bonds is 3. The first kappa shape index (κ1) is 22.1. The molecular weight excluding hydrogens is 414 g/mol. The lowest BCUT2D eigenvalue weighted by molar-refractivity contribution is -0.659. The van der Waals surface area contributed by atoms with Crippen LogP contribution in [0.1, 0.15) is 36.0 Å². The summed E-state index contributed by atoms with van der Waals surface area (Å²) >= 11 is 0. The van der Waals surface area contributed by atoms with Gasteiger partial charge in [0.05, 0.1) is 13.5 Å². The van der Waals surface area contributed by atoms with Crippen molar-refractivity contribution in [1.29, 1.82) is 0 Å². The van der Waals surface area contributed by atoms with Crippen LogP contribution in [0.3, 0.4) is 0 Å². The van der Waals surface area contributed by atoms with Gasteiger partial charge >= 0.3 is 0 Å². The third-order valence-electron chi connectivity index (χ3n) is 8.04. The van der Waals surface area contributed by atoms with E-state index >= 15 is 0 Å². The molecule has 1 nitrogen and oxygen atoms in total. The highest BCUT2D eigenvalue weighted by atomic mass is 28.3. The van der Waals surface area contributed by atoms with Crippen molar-refractivity contribution in [3.8, 4) is 22.4 Å². The molecule has 0 spiro atoms. The Morgan fingerprint density at radius 3 is 2.18 bits per heavy atom. The quantitative estimate of drug-likeness (QED) is 0.226. The largest absolute Gasteiger partial charge is 0.220 e. The van der Waals surface area contributed by atoms with E-state index in [1.54, 1.807) is 5.19 Å². The molecule has 33 heavy (non-hydrogen) atoms. The molecule has 0 N–H and O–H groups in total. The summed E-state index contributed by atoms with van der Waals surface area (Å²) in [7, 11) is 0.866. The average Bonchev–Trinajstić information content (AvgIpc) is 2.80. The van der Waals surface area contributed by atoms with E-state index in [0.717, 1.165) is 0 Å². The molecular formula is C31H36NSi+. The van der Waals surface area contributed by atoms with Gasteiger partial charge in [-0.2, -0.15) is 0 Å². The average molecular weight is 451 g/mol. The molecule has 2 heteroatoms.